The standard InChI is InChI=1S/C13H21N5O3/c1-9-4-3-7-18(11(9)12(19)20)13(21)14-6-2-5-10-15-8-16-17-10/h8-9,11H,2-7H2,1H3,(H,14,21)(H,19,20)(H,15,16,17). The number of carboxylic acid groups (broad SMARTS) is 1. The van der Waals surface area contributed by atoms with Crippen molar-refractivity contribution in [2.45, 2.75) is 38.6 Å². The van der Waals surface area contributed by atoms with Crippen molar-refractivity contribution in [1.29, 1.82) is 0 Å². The molecule has 21 heavy (non-hydrogen) atoms. The summed E-state index contributed by atoms with van der Waals surface area (Å²) < 4.78 is 0. The van der Waals surface area contributed by atoms with E-state index in [2.05, 4.69) is 20.5 Å². The first-order chi connectivity index (χ1) is 10.1. The minimum atomic E-state index is -0.931. The maximum absolute atomic E-state index is 12.1. The molecule has 0 aromatic carbocycles. The molecule has 1 aromatic heterocycles. The lowest BCUT2D eigenvalue weighted by Crippen LogP contribution is -2.55. The molecule has 0 aliphatic carbocycles. The molecule has 8 heteroatoms. The summed E-state index contributed by atoms with van der Waals surface area (Å²) in [7, 11) is 0. The van der Waals surface area contributed by atoms with Crippen molar-refractivity contribution >= 4 is 12.0 Å². The number of hydrogen-bond acceptors (Lipinski definition) is 4. The third-order valence-corrected chi connectivity index (χ3v) is 3.78. The highest BCUT2D eigenvalue weighted by Crippen LogP contribution is 2.23. The summed E-state index contributed by atoms with van der Waals surface area (Å²) in [5.74, 6) is -0.172. The van der Waals surface area contributed by atoms with Gasteiger partial charge in [-0.15, -0.1) is 0 Å². The smallest absolute Gasteiger partial charge is 0.326 e. The molecular weight excluding hydrogens is 274 g/mol. The van der Waals surface area contributed by atoms with Crippen molar-refractivity contribution in [3.05, 3.63) is 12.2 Å². The van der Waals surface area contributed by atoms with Gasteiger partial charge in [0.15, 0.2) is 0 Å². The molecule has 8 nitrogen and oxygen atoms in total. The van der Waals surface area contributed by atoms with Crippen molar-refractivity contribution in [3.8, 4) is 0 Å². The highest BCUT2D eigenvalue weighted by Gasteiger charge is 2.36. The SMILES string of the molecule is CC1CCCN(C(=O)NCCCc2ncn[nH]2)C1C(=O)O. The van der Waals surface area contributed by atoms with Crippen LogP contribution in [0.5, 0.6) is 0 Å². The van der Waals surface area contributed by atoms with Crippen LogP contribution in [0, 0.1) is 5.92 Å². The Morgan fingerprint density at radius 2 is 2.38 bits per heavy atom. The van der Waals surface area contributed by atoms with Crippen molar-refractivity contribution in [2.75, 3.05) is 13.1 Å². The van der Waals surface area contributed by atoms with E-state index in [1.54, 1.807) is 0 Å². The molecule has 0 radical (unpaired) electrons. The van der Waals surface area contributed by atoms with Crippen LogP contribution < -0.4 is 5.32 Å². The number of urea groups is 1. The molecule has 0 saturated carbocycles. The molecule has 0 spiro atoms. The average Bonchev–Trinajstić information content (AvgIpc) is 2.95. The van der Waals surface area contributed by atoms with Gasteiger partial charge in [0.2, 0.25) is 0 Å². The topological polar surface area (TPSA) is 111 Å². The van der Waals surface area contributed by atoms with Gasteiger partial charge in [-0.2, -0.15) is 5.10 Å². The van der Waals surface area contributed by atoms with Gasteiger partial charge in [-0.3, -0.25) is 5.10 Å². The Kier molecular flexibility index (Phi) is 5.13. The number of aromatic nitrogens is 3. The van der Waals surface area contributed by atoms with E-state index in [0.717, 1.165) is 25.1 Å². The molecule has 2 amide bonds. The number of H-pyrrole nitrogens is 1. The monoisotopic (exact) mass is 295 g/mol. The average molecular weight is 295 g/mol. The van der Waals surface area contributed by atoms with Crippen molar-refractivity contribution in [3.63, 3.8) is 0 Å². The van der Waals surface area contributed by atoms with Gasteiger partial charge in [0.1, 0.15) is 18.2 Å². The van der Waals surface area contributed by atoms with Gasteiger partial charge >= 0.3 is 12.0 Å². The molecule has 2 unspecified atom stereocenters. The number of likely N-dealkylation sites (tertiary alicyclic amines) is 1. The molecule has 1 aromatic rings. The molecular formula is C13H21N5O3. The summed E-state index contributed by atoms with van der Waals surface area (Å²) in [6.45, 7) is 2.86. The molecule has 116 valence electrons. The normalized spacial score (nSPS) is 22.0. The van der Waals surface area contributed by atoms with E-state index in [1.165, 1.54) is 11.2 Å². The third-order valence-electron chi connectivity index (χ3n) is 3.78. The lowest BCUT2D eigenvalue weighted by Gasteiger charge is -2.37. The van der Waals surface area contributed by atoms with Gasteiger partial charge in [0.25, 0.3) is 0 Å². The van der Waals surface area contributed by atoms with Gasteiger partial charge in [0, 0.05) is 19.5 Å². The number of nitrogens with one attached hydrogen (secondary N) is 2. The van der Waals surface area contributed by atoms with Crippen LogP contribution in [-0.2, 0) is 11.2 Å². The van der Waals surface area contributed by atoms with E-state index in [1.807, 2.05) is 6.92 Å². The molecule has 1 aliphatic rings. The Hall–Kier alpha value is -2.12. The Labute approximate surface area is 122 Å². The molecule has 2 atom stereocenters. The molecule has 2 rings (SSSR count). The summed E-state index contributed by atoms with van der Waals surface area (Å²) >= 11 is 0. The summed E-state index contributed by atoms with van der Waals surface area (Å²) in [4.78, 5) is 28.9. The van der Waals surface area contributed by atoms with Gasteiger partial charge < -0.3 is 15.3 Å². The second kappa shape index (κ2) is 7.05. The second-order valence-corrected chi connectivity index (χ2v) is 5.36. The lowest BCUT2D eigenvalue weighted by molar-refractivity contribution is -0.145. The number of rotatable bonds is 5. The van der Waals surface area contributed by atoms with Gasteiger partial charge in [-0.05, 0) is 25.2 Å². The number of carbonyl (C=O) groups is 2. The molecule has 1 fully saturated rings. The fraction of sp³-hybridized carbons (Fsp3) is 0.692. The van der Waals surface area contributed by atoms with E-state index in [9.17, 15) is 14.7 Å². The number of amides is 2. The fourth-order valence-electron chi connectivity index (χ4n) is 2.70. The maximum atomic E-state index is 12.1. The number of aromatic amines is 1. The zero-order valence-corrected chi connectivity index (χ0v) is 12.1. The van der Waals surface area contributed by atoms with Gasteiger partial charge in [0.05, 0.1) is 0 Å². The minimum absolute atomic E-state index is 0.0174. The summed E-state index contributed by atoms with van der Waals surface area (Å²) in [5, 5.41) is 18.6. The van der Waals surface area contributed by atoms with E-state index in [-0.39, 0.29) is 11.9 Å². The number of aliphatic carboxylic acids is 1. The Morgan fingerprint density at radius 1 is 1.57 bits per heavy atom. The maximum Gasteiger partial charge on any atom is 0.326 e. The van der Waals surface area contributed by atoms with Gasteiger partial charge in [-0.1, -0.05) is 6.92 Å². The lowest BCUT2D eigenvalue weighted by atomic mass is 9.91. The van der Waals surface area contributed by atoms with Crippen LogP contribution in [0.25, 0.3) is 0 Å². The summed E-state index contributed by atoms with van der Waals surface area (Å²) in [6, 6.07) is -1.03. The largest absolute Gasteiger partial charge is 0.480 e. The number of carboxylic acids is 1. The van der Waals surface area contributed by atoms with E-state index in [0.29, 0.717) is 19.5 Å². The zero-order chi connectivity index (χ0) is 15.2. The van der Waals surface area contributed by atoms with Crippen LogP contribution in [-0.4, -0.2) is 56.3 Å². The van der Waals surface area contributed by atoms with Crippen LogP contribution in [0.3, 0.4) is 0 Å². The summed E-state index contributed by atoms with van der Waals surface area (Å²) in [5.41, 5.74) is 0. The first-order valence-corrected chi connectivity index (χ1v) is 7.21. The van der Waals surface area contributed by atoms with E-state index >= 15 is 0 Å². The quantitative estimate of drug-likeness (QED) is 0.690. The number of hydrogen-bond donors (Lipinski definition) is 3. The number of carbonyl (C=O) groups excluding carboxylic acids is 1. The Morgan fingerprint density at radius 3 is 3.05 bits per heavy atom. The second-order valence-electron chi connectivity index (χ2n) is 5.36. The molecule has 1 saturated heterocycles. The molecule has 2 heterocycles. The van der Waals surface area contributed by atoms with Crippen LogP contribution in [0.2, 0.25) is 0 Å². The molecule has 0 bridgehead atoms. The van der Waals surface area contributed by atoms with Crippen LogP contribution in [0.4, 0.5) is 4.79 Å². The van der Waals surface area contributed by atoms with Gasteiger partial charge in [-0.25, -0.2) is 14.6 Å². The van der Waals surface area contributed by atoms with Crippen LogP contribution >= 0.6 is 0 Å². The van der Waals surface area contributed by atoms with E-state index in [4.69, 9.17) is 0 Å². The summed E-state index contributed by atoms with van der Waals surface area (Å²) in [6.07, 6.45) is 4.55. The van der Waals surface area contributed by atoms with Crippen molar-refractivity contribution in [1.82, 2.24) is 25.4 Å². The van der Waals surface area contributed by atoms with Crippen LogP contribution in [0.1, 0.15) is 32.0 Å². The van der Waals surface area contributed by atoms with Crippen molar-refractivity contribution < 1.29 is 14.7 Å². The van der Waals surface area contributed by atoms with Crippen molar-refractivity contribution in [2.24, 2.45) is 5.92 Å². The molecule has 3 N–H and O–H groups in total. The third kappa shape index (κ3) is 3.93. The zero-order valence-electron chi connectivity index (χ0n) is 12.1. The van der Waals surface area contributed by atoms with Crippen LogP contribution in [0.15, 0.2) is 6.33 Å². The highest BCUT2D eigenvalue weighted by atomic mass is 16.4. The predicted molar refractivity (Wildman–Crippen MR) is 74.6 cm³/mol. The van der Waals surface area contributed by atoms with E-state index < -0.39 is 12.0 Å². The number of aryl methyl sites for hydroxylation is 1. The minimum Gasteiger partial charge on any atom is -0.480 e. The Bertz CT molecular complexity index is 476. The first kappa shape index (κ1) is 15.3. The first-order valence-electron chi connectivity index (χ1n) is 7.21. The predicted octanol–water partition coefficient (Wildman–Crippen LogP) is 0.632. The molecule has 1 aliphatic heterocycles. The fourth-order valence-corrected chi connectivity index (χ4v) is 2.70. The Balaban J connectivity index is 1.79. The highest BCUT2D eigenvalue weighted by molar-refractivity contribution is 5.83. The number of nitrogens with zero attached hydrogens (tertiary/aromatic N) is 3. The number of piperidine rings is 1.